The number of aromatic amines is 1. The Balaban J connectivity index is 1.75. The summed E-state index contributed by atoms with van der Waals surface area (Å²) < 4.78 is 2.05. The zero-order valence-electron chi connectivity index (χ0n) is 17.3. The van der Waals surface area contributed by atoms with Gasteiger partial charge >= 0.3 is 0 Å². The molecule has 1 amide bonds. The average molecular weight is 400 g/mol. The molecule has 156 valence electrons. The van der Waals surface area contributed by atoms with Gasteiger partial charge in [-0.2, -0.15) is 4.98 Å². The van der Waals surface area contributed by atoms with Crippen molar-refractivity contribution in [1.29, 1.82) is 0 Å². The van der Waals surface area contributed by atoms with E-state index in [1.807, 2.05) is 30.0 Å². The minimum absolute atomic E-state index is 0.0275. The Bertz CT molecular complexity index is 910. The molecular weight excluding hydrogens is 368 g/mol. The number of aryl methyl sites for hydroxylation is 1. The molecule has 0 fully saturated rings. The van der Waals surface area contributed by atoms with Crippen molar-refractivity contribution in [1.82, 2.24) is 9.97 Å². The highest BCUT2D eigenvalue weighted by atomic mass is 16.2. The number of unbranched alkanes of at least 4 members (excludes halogenated alkanes) is 5. The molecule has 2 aromatic heterocycles. The molecule has 1 aliphatic heterocycles. The Hall–Kier alpha value is -2.90. The van der Waals surface area contributed by atoms with Gasteiger partial charge in [-0.3, -0.25) is 19.5 Å². The minimum Gasteiger partial charge on any atom is -0.369 e. The Labute approximate surface area is 171 Å². The topological polar surface area (TPSA) is 108 Å². The third-order valence-corrected chi connectivity index (χ3v) is 5.25. The van der Waals surface area contributed by atoms with E-state index in [-0.39, 0.29) is 23.6 Å². The molecule has 0 aliphatic carbocycles. The van der Waals surface area contributed by atoms with Crippen molar-refractivity contribution in [3.05, 3.63) is 40.4 Å². The fourth-order valence-electron chi connectivity index (χ4n) is 3.69. The summed E-state index contributed by atoms with van der Waals surface area (Å²) in [6.07, 6.45) is 11.2. The number of nitrogens with zero attached hydrogens (tertiary/aromatic N) is 3. The molecule has 0 spiro atoms. The number of aromatic nitrogens is 3. The molecule has 0 radical (unpaired) electrons. The number of fused-ring (bicyclic) bond motifs is 1. The molecular formula is C21H31N6O2+. The standard InChI is InChI=1S/C21H30N6O2/c1-3-4-5-6-7-8-11-26-12-9-10-16(14-26)20(29)27-15(2)13-23-18-17(27)19(28)25-21(22)24-18/h9-10,12,14-15H,3-8,11,13H2,1-2H3,(H3-,22,23,24,25,28)/p+1/t15-/m1/s1. The van der Waals surface area contributed by atoms with Crippen molar-refractivity contribution >= 4 is 23.4 Å². The van der Waals surface area contributed by atoms with Crippen LogP contribution < -0.4 is 26.1 Å². The van der Waals surface area contributed by atoms with Crippen molar-refractivity contribution in [2.75, 3.05) is 22.5 Å². The third kappa shape index (κ3) is 4.93. The first-order valence-electron chi connectivity index (χ1n) is 10.5. The molecule has 0 saturated heterocycles. The number of carbonyl (C=O) groups is 1. The molecule has 3 rings (SSSR count). The molecule has 2 aromatic rings. The number of rotatable bonds is 8. The highest BCUT2D eigenvalue weighted by molar-refractivity contribution is 6.08. The Kier molecular flexibility index (Phi) is 6.85. The lowest BCUT2D eigenvalue weighted by Gasteiger charge is -2.34. The van der Waals surface area contributed by atoms with Gasteiger partial charge in [0.05, 0.1) is 6.04 Å². The van der Waals surface area contributed by atoms with Crippen molar-refractivity contribution in [2.45, 2.75) is 65.0 Å². The zero-order valence-corrected chi connectivity index (χ0v) is 17.3. The highest BCUT2D eigenvalue weighted by Crippen LogP contribution is 2.27. The van der Waals surface area contributed by atoms with Crippen LogP contribution in [-0.4, -0.2) is 28.5 Å². The van der Waals surface area contributed by atoms with E-state index in [0.717, 1.165) is 13.0 Å². The first kappa shape index (κ1) is 20.8. The van der Waals surface area contributed by atoms with Gasteiger partial charge in [0.15, 0.2) is 23.9 Å². The van der Waals surface area contributed by atoms with Crippen LogP contribution in [-0.2, 0) is 6.54 Å². The second-order valence-corrected chi connectivity index (χ2v) is 7.65. The summed E-state index contributed by atoms with van der Waals surface area (Å²) in [5.74, 6) is 0.155. The highest BCUT2D eigenvalue weighted by Gasteiger charge is 2.33. The first-order chi connectivity index (χ1) is 14.0. The molecule has 4 N–H and O–H groups in total. The minimum atomic E-state index is -0.421. The second kappa shape index (κ2) is 9.54. The molecule has 8 nitrogen and oxygen atoms in total. The Morgan fingerprint density at radius 1 is 1.31 bits per heavy atom. The maximum Gasteiger partial charge on any atom is 0.278 e. The maximum atomic E-state index is 13.3. The molecule has 3 heterocycles. The van der Waals surface area contributed by atoms with Gasteiger partial charge in [0.25, 0.3) is 11.5 Å². The van der Waals surface area contributed by atoms with Gasteiger partial charge < -0.3 is 11.1 Å². The van der Waals surface area contributed by atoms with Gasteiger partial charge in [-0.15, -0.1) is 0 Å². The molecule has 8 heteroatoms. The summed E-state index contributed by atoms with van der Waals surface area (Å²) in [4.78, 5) is 33.9. The van der Waals surface area contributed by atoms with Crippen LogP contribution in [0.3, 0.4) is 0 Å². The Morgan fingerprint density at radius 3 is 2.86 bits per heavy atom. The van der Waals surface area contributed by atoms with E-state index in [9.17, 15) is 9.59 Å². The molecule has 0 bridgehead atoms. The first-order valence-corrected chi connectivity index (χ1v) is 10.5. The lowest BCUT2D eigenvalue weighted by atomic mass is 10.1. The number of carbonyl (C=O) groups excluding carboxylic acids is 1. The van der Waals surface area contributed by atoms with Gasteiger partial charge in [0.1, 0.15) is 12.1 Å². The largest absolute Gasteiger partial charge is 0.369 e. The SMILES string of the molecule is CCCCCCCC[n+]1cccc(C(=O)N2c3c(nc(N)[nH]c3=O)NC[C@H]2C)c1. The van der Waals surface area contributed by atoms with Crippen LogP contribution in [0.5, 0.6) is 0 Å². The zero-order chi connectivity index (χ0) is 20.8. The second-order valence-electron chi connectivity index (χ2n) is 7.65. The summed E-state index contributed by atoms with van der Waals surface area (Å²) in [5.41, 5.74) is 5.99. The summed E-state index contributed by atoms with van der Waals surface area (Å²) in [7, 11) is 0. The van der Waals surface area contributed by atoms with Crippen LogP contribution in [0.4, 0.5) is 17.5 Å². The van der Waals surface area contributed by atoms with E-state index < -0.39 is 5.56 Å². The number of nitrogens with two attached hydrogens (primary N) is 1. The normalized spacial score (nSPS) is 15.7. The number of hydrogen-bond acceptors (Lipinski definition) is 5. The molecule has 1 atom stereocenters. The summed E-state index contributed by atoms with van der Waals surface area (Å²) in [5, 5.41) is 3.08. The van der Waals surface area contributed by atoms with Gasteiger partial charge in [-0.25, -0.2) is 4.57 Å². The van der Waals surface area contributed by atoms with Crippen molar-refractivity contribution < 1.29 is 9.36 Å². The summed E-state index contributed by atoms with van der Waals surface area (Å²) >= 11 is 0. The van der Waals surface area contributed by atoms with Crippen molar-refractivity contribution in [3.63, 3.8) is 0 Å². The smallest absolute Gasteiger partial charge is 0.278 e. The molecule has 0 aromatic carbocycles. The van der Waals surface area contributed by atoms with Crippen LogP contribution in [0.25, 0.3) is 0 Å². The predicted octanol–water partition coefficient (Wildman–Crippen LogP) is 2.46. The van der Waals surface area contributed by atoms with Crippen LogP contribution in [0.2, 0.25) is 0 Å². The molecule has 0 saturated carbocycles. The number of anilines is 3. The van der Waals surface area contributed by atoms with Crippen LogP contribution in [0, 0.1) is 0 Å². The quantitative estimate of drug-likeness (QED) is 0.467. The summed E-state index contributed by atoms with van der Waals surface area (Å²) in [6.45, 7) is 5.49. The van der Waals surface area contributed by atoms with Crippen LogP contribution in [0.1, 0.15) is 62.7 Å². The molecule has 1 aliphatic rings. The number of hydrogen-bond donors (Lipinski definition) is 3. The number of nitrogen functional groups attached to an aromatic ring is 1. The predicted molar refractivity (Wildman–Crippen MR) is 114 cm³/mol. The third-order valence-electron chi connectivity index (χ3n) is 5.25. The number of H-pyrrole nitrogens is 1. The molecule has 29 heavy (non-hydrogen) atoms. The lowest BCUT2D eigenvalue weighted by molar-refractivity contribution is -0.697. The van der Waals surface area contributed by atoms with Crippen molar-refractivity contribution in [3.8, 4) is 0 Å². The van der Waals surface area contributed by atoms with E-state index in [1.165, 1.54) is 37.0 Å². The molecule has 0 unspecified atom stereocenters. The monoisotopic (exact) mass is 399 g/mol. The van der Waals surface area contributed by atoms with Gasteiger partial charge in [-0.05, 0) is 19.4 Å². The number of pyridine rings is 1. The van der Waals surface area contributed by atoms with E-state index in [2.05, 4.69) is 22.2 Å². The van der Waals surface area contributed by atoms with Gasteiger partial charge in [-0.1, -0.05) is 32.6 Å². The van der Waals surface area contributed by atoms with Crippen LogP contribution >= 0.6 is 0 Å². The van der Waals surface area contributed by atoms with E-state index in [0.29, 0.717) is 17.9 Å². The van der Waals surface area contributed by atoms with E-state index >= 15 is 0 Å². The van der Waals surface area contributed by atoms with E-state index in [4.69, 9.17) is 5.73 Å². The lowest BCUT2D eigenvalue weighted by Crippen LogP contribution is -2.49. The van der Waals surface area contributed by atoms with Gasteiger partial charge in [0.2, 0.25) is 5.95 Å². The van der Waals surface area contributed by atoms with Gasteiger partial charge in [0, 0.05) is 19.0 Å². The fraction of sp³-hybridized carbons (Fsp3) is 0.524. The fourth-order valence-corrected chi connectivity index (χ4v) is 3.69. The number of nitrogens with one attached hydrogen (secondary N) is 2. The van der Waals surface area contributed by atoms with Crippen molar-refractivity contribution in [2.24, 2.45) is 0 Å². The average Bonchev–Trinajstić information content (AvgIpc) is 2.70. The summed E-state index contributed by atoms with van der Waals surface area (Å²) in [6, 6.07) is 3.48. The number of amides is 1. The maximum absolute atomic E-state index is 13.3. The van der Waals surface area contributed by atoms with E-state index in [1.54, 1.807) is 6.07 Å². The van der Waals surface area contributed by atoms with Crippen LogP contribution in [0.15, 0.2) is 29.3 Å². The Morgan fingerprint density at radius 2 is 2.07 bits per heavy atom.